The van der Waals surface area contributed by atoms with Crippen LogP contribution >= 0.6 is 0 Å². The molecule has 0 aromatic heterocycles. The van der Waals surface area contributed by atoms with Crippen molar-refractivity contribution in [3.63, 3.8) is 0 Å². The summed E-state index contributed by atoms with van der Waals surface area (Å²) in [5, 5.41) is 0. The Morgan fingerprint density at radius 1 is 1.22 bits per heavy atom. The minimum atomic E-state index is -4.88. The molecular formula is C12H14F3NO2. The zero-order valence-corrected chi connectivity index (χ0v) is 10.6. The molecule has 0 aliphatic heterocycles. The molecule has 3 nitrogen and oxygen atoms in total. The molecule has 6 heteroatoms. The highest BCUT2D eigenvalue weighted by Gasteiger charge is 2.42. The molecule has 0 atom stereocenters. The van der Waals surface area contributed by atoms with Crippen LogP contribution in [0.25, 0.3) is 0 Å². The maximum atomic E-state index is 12.3. The van der Waals surface area contributed by atoms with Crippen molar-refractivity contribution in [2.24, 2.45) is 0 Å². The van der Waals surface area contributed by atoms with Crippen LogP contribution in [0.1, 0.15) is 11.1 Å². The Bertz CT molecular complexity index is 469. The van der Waals surface area contributed by atoms with Gasteiger partial charge in [-0.3, -0.25) is 4.79 Å². The summed E-state index contributed by atoms with van der Waals surface area (Å²) < 4.78 is 42.1. The molecule has 0 aliphatic rings. The van der Waals surface area contributed by atoms with Gasteiger partial charge in [-0.2, -0.15) is 13.2 Å². The Hall–Kier alpha value is -1.72. The largest absolute Gasteiger partial charge is 0.496 e. The molecule has 1 aromatic rings. The first-order valence-electron chi connectivity index (χ1n) is 5.19. The topological polar surface area (TPSA) is 29.5 Å². The highest BCUT2D eigenvalue weighted by Crippen LogP contribution is 2.31. The van der Waals surface area contributed by atoms with Crippen molar-refractivity contribution in [3.05, 3.63) is 23.3 Å². The Morgan fingerprint density at radius 2 is 1.78 bits per heavy atom. The highest BCUT2D eigenvalue weighted by atomic mass is 19.4. The fourth-order valence-corrected chi connectivity index (χ4v) is 1.67. The molecule has 1 rings (SSSR count). The number of hydrogen-bond acceptors (Lipinski definition) is 2. The van der Waals surface area contributed by atoms with Crippen molar-refractivity contribution in [2.45, 2.75) is 20.0 Å². The molecule has 0 saturated carbocycles. The van der Waals surface area contributed by atoms with Crippen molar-refractivity contribution in [1.82, 2.24) is 0 Å². The standard InChI is InChI=1S/C12H14F3NO2/c1-7-8(2)10(18-4)6-5-9(7)16(3)11(17)12(13,14)15/h5-6H,1-4H3. The van der Waals surface area contributed by atoms with Crippen molar-refractivity contribution in [3.8, 4) is 5.75 Å². The van der Waals surface area contributed by atoms with Gasteiger partial charge in [0.25, 0.3) is 0 Å². The average Bonchev–Trinajstić information content (AvgIpc) is 2.29. The molecule has 0 saturated heterocycles. The minimum Gasteiger partial charge on any atom is -0.496 e. The van der Waals surface area contributed by atoms with Crippen molar-refractivity contribution < 1.29 is 22.7 Å². The van der Waals surface area contributed by atoms with Gasteiger partial charge in [0.15, 0.2) is 0 Å². The molecule has 0 unspecified atom stereocenters. The van der Waals surface area contributed by atoms with E-state index >= 15 is 0 Å². The zero-order chi connectivity index (χ0) is 14.1. The molecule has 0 aliphatic carbocycles. The van der Waals surface area contributed by atoms with Crippen LogP contribution in [0, 0.1) is 13.8 Å². The molecule has 1 aromatic carbocycles. The van der Waals surface area contributed by atoms with Gasteiger partial charge in [-0.25, -0.2) is 0 Å². The summed E-state index contributed by atoms with van der Waals surface area (Å²) >= 11 is 0. The number of nitrogens with zero attached hydrogens (tertiary/aromatic N) is 1. The number of rotatable bonds is 2. The number of anilines is 1. The van der Waals surface area contributed by atoms with Gasteiger partial charge < -0.3 is 9.64 Å². The van der Waals surface area contributed by atoms with Gasteiger partial charge in [-0.15, -0.1) is 0 Å². The highest BCUT2D eigenvalue weighted by molar-refractivity contribution is 5.97. The number of methoxy groups -OCH3 is 1. The number of ether oxygens (including phenoxy) is 1. The van der Waals surface area contributed by atoms with Crippen LogP contribution in [-0.2, 0) is 4.79 Å². The molecule has 0 bridgehead atoms. The first-order valence-corrected chi connectivity index (χ1v) is 5.19. The third-order valence-electron chi connectivity index (χ3n) is 2.84. The van der Waals surface area contributed by atoms with Gasteiger partial charge in [0.05, 0.1) is 7.11 Å². The maximum Gasteiger partial charge on any atom is 0.471 e. The molecule has 18 heavy (non-hydrogen) atoms. The smallest absolute Gasteiger partial charge is 0.471 e. The Labute approximate surface area is 103 Å². The molecule has 0 fully saturated rings. The van der Waals surface area contributed by atoms with Gasteiger partial charge in [-0.1, -0.05) is 0 Å². The van der Waals surface area contributed by atoms with E-state index in [1.807, 2.05) is 0 Å². The van der Waals surface area contributed by atoms with Crippen LogP contribution in [0.2, 0.25) is 0 Å². The Balaban J connectivity index is 3.19. The van der Waals surface area contributed by atoms with E-state index in [-0.39, 0.29) is 5.69 Å². The Kier molecular flexibility index (Phi) is 3.88. The van der Waals surface area contributed by atoms with E-state index in [0.29, 0.717) is 21.8 Å². The maximum absolute atomic E-state index is 12.3. The number of hydrogen-bond donors (Lipinski definition) is 0. The molecular weight excluding hydrogens is 247 g/mol. The summed E-state index contributed by atoms with van der Waals surface area (Å²) in [5.74, 6) is -1.32. The number of carbonyl (C=O) groups is 1. The van der Waals surface area contributed by atoms with Gasteiger partial charge in [-0.05, 0) is 37.1 Å². The van der Waals surface area contributed by atoms with Crippen LogP contribution in [0.3, 0.4) is 0 Å². The quantitative estimate of drug-likeness (QED) is 0.819. The van der Waals surface area contributed by atoms with Gasteiger partial charge in [0.1, 0.15) is 5.75 Å². The summed E-state index contributed by atoms with van der Waals surface area (Å²) in [5.41, 5.74) is 1.50. The van der Waals surface area contributed by atoms with Gasteiger partial charge >= 0.3 is 12.1 Å². The lowest BCUT2D eigenvalue weighted by atomic mass is 10.1. The molecule has 0 spiro atoms. The van der Waals surface area contributed by atoms with E-state index in [1.54, 1.807) is 13.8 Å². The molecule has 1 amide bonds. The monoisotopic (exact) mass is 261 g/mol. The van der Waals surface area contributed by atoms with E-state index in [0.717, 1.165) is 7.05 Å². The van der Waals surface area contributed by atoms with Gasteiger partial charge in [0.2, 0.25) is 0 Å². The van der Waals surface area contributed by atoms with E-state index in [4.69, 9.17) is 4.74 Å². The average molecular weight is 261 g/mol. The molecule has 0 radical (unpaired) electrons. The number of alkyl halides is 3. The van der Waals surface area contributed by atoms with Crippen LogP contribution in [-0.4, -0.2) is 26.2 Å². The van der Waals surface area contributed by atoms with E-state index in [1.165, 1.54) is 19.2 Å². The third kappa shape index (κ3) is 2.57. The van der Waals surface area contributed by atoms with Crippen molar-refractivity contribution in [1.29, 1.82) is 0 Å². The number of halogens is 3. The second kappa shape index (κ2) is 4.88. The van der Waals surface area contributed by atoms with Crippen LogP contribution in [0.4, 0.5) is 18.9 Å². The van der Waals surface area contributed by atoms with Crippen LogP contribution in [0.5, 0.6) is 5.75 Å². The molecule has 0 N–H and O–H groups in total. The summed E-state index contributed by atoms with van der Waals surface area (Å²) in [7, 11) is 2.58. The number of benzene rings is 1. The lowest BCUT2D eigenvalue weighted by Gasteiger charge is -2.22. The van der Waals surface area contributed by atoms with Crippen LogP contribution < -0.4 is 9.64 Å². The van der Waals surface area contributed by atoms with E-state index in [9.17, 15) is 18.0 Å². The van der Waals surface area contributed by atoms with E-state index in [2.05, 4.69) is 0 Å². The third-order valence-corrected chi connectivity index (χ3v) is 2.84. The SMILES string of the molecule is COc1ccc(N(C)C(=O)C(F)(F)F)c(C)c1C. The predicted octanol–water partition coefficient (Wildman–Crippen LogP) is 2.84. The number of amides is 1. The summed E-state index contributed by atoms with van der Waals surface area (Å²) in [6, 6.07) is 2.97. The molecule has 0 heterocycles. The lowest BCUT2D eigenvalue weighted by molar-refractivity contribution is -0.170. The second-order valence-electron chi connectivity index (χ2n) is 3.90. The second-order valence-corrected chi connectivity index (χ2v) is 3.90. The molecule has 100 valence electrons. The summed E-state index contributed by atoms with van der Waals surface area (Å²) in [6.45, 7) is 3.37. The zero-order valence-electron chi connectivity index (χ0n) is 10.6. The van der Waals surface area contributed by atoms with Crippen molar-refractivity contribution >= 4 is 11.6 Å². The first-order chi connectivity index (χ1) is 8.20. The Morgan fingerprint density at radius 3 is 2.22 bits per heavy atom. The van der Waals surface area contributed by atoms with E-state index < -0.39 is 12.1 Å². The minimum absolute atomic E-state index is 0.218. The first kappa shape index (κ1) is 14.3. The van der Waals surface area contributed by atoms with Crippen LogP contribution in [0.15, 0.2) is 12.1 Å². The number of carbonyl (C=O) groups excluding carboxylic acids is 1. The normalized spacial score (nSPS) is 11.3. The van der Waals surface area contributed by atoms with Gasteiger partial charge in [0, 0.05) is 12.7 Å². The van der Waals surface area contributed by atoms with Crippen molar-refractivity contribution in [2.75, 3.05) is 19.1 Å². The predicted molar refractivity (Wildman–Crippen MR) is 61.9 cm³/mol. The fourth-order valence-electron chi connectivity index (χ4n) is 1.67. The summed E-state index contributed by atoms with van der Waals surface area (Å²) in [6.07, 6.45) is -4.88. The summed E-state index contributed by atoms with van der Waals surface area (Å²) in [4.78, 5) is 11.8. The lowest BCUT2D eigenvalue weighted by Crippen LogP contribution is -2.38. The fraction of sp³-hybridized carbons (Fsp3) is 0.417.